The molecule has 2 unspecified atom stereocenters. The Labute approximate surface area is 366 Å². The van der Waals surface area contributed by atoms with Crippen LogP contribution in [0.4, 0.5) is 0 Å². The highest BCUT2D eigenvalue weighted by Gasteiger charge is 2.20. The van der Waals surface area contributed by atoms with Gasteiger partial charge in [-0.1, -0.05) is 186 Å². The molecule has 0 fully saturated rings. The maximum absolute atomic E-state index is 12.7. The van der Waals surface area contributed by atoms with E-state index in [1.54, 1.807) is 0 Å². The highest BCUT2D eigenvalue weighted by atomic mass is 31.2. The molecule has 0 heterocycles. The van der Waals surface area contributed by atoms with Gasteiger partial charge >= 0.3 is 5.97 Å². The first kappa shape index (κ1) is 58.0. The minimum Gasteiger partial charge on any atom is -0.756 e. The van der Waals surface area contributed by atoms with Crippen LogP contribution in [0.3, 0.4) is 0 Å². The van der Waals surface area contributed by atoms with Gasteiger partial charge in [-0.3, -0.25) is 9.36 Å². The highest BCUT2D eigenvalue weighted by molar-refractivity contribution is 7.45. The monoisotopic (exact) mass is 856 g/mol. The molecule has 0 N–H and O–H groups in total. The lowest BCUT2D eigenvalue weighted by molar-refractivity contribution is -0.870. The average Bonchev–Trinajstić information content (AvgIpc) is 3.19. The van der Waals surface area contributed by atoms with E-state index in [-0.39, 0.29) is 25.8 Å². The summed E-state index contributed by atoms with van der Waals surface area (Å²) in [6.45, 7) is 5.42. The summed E-state index contributed by atoms with van der Waals surface area (Å²) < 4.78 is 34.7. The van der Waals surface area contributed by atoms with Gasteiger partial charge in [-0.15, -0.1) is 0 Å². The van der Waals surface area contributed by atoms with Gasteiger partial charge in [0.05, 0.1) is 34.4 Å². The van der Waals surface area contributed by atoms with E-state index in [9.17, 15) is 14.3 Å². The predicted molar refractivity (Wildman–Crippen MR) is 250 cm³/mol. The van der Waals surface area contributed by atoms with Crippen molar-refractivity contribution in [3.05, 3.63) is 24.3 Å². The number of rotatable bonds is 47. The van der Waals surface area contributed by atoms with Crippen LogP contribution in [-0.4, -0.2) is 70.7 Å². The zero-order valence-electron chi connectivity index (χ0n) is 39.7. The van der Waals surface area contributed by atoms with Crippen LogP contribution < -0.4 is 4.89 Å². The molecule has 0 spiro atoms. The van der Waals surface area contributed by atoms with Gasteiger partial charge in [0, 0.05) is 13.0 Å². The van der Waals surface area contributed by atoms with E-state index in [0.717, 1.165) is 44.9 Å². The first-order valence-corrected chi connectivity index (χ1v) is 26.5. The molecule has 0 aromatic rings. The van der Waals surface area contributed by atoms with Crippen molar-refractivity contribution in [3.63, 3.8) is 0 Å². The number of unbranched alkanes of at least 4 members (excludes halogenated alkanes) is 29. The molecule has 0 amide bonds. The second kappa shape index (κ2) is 43.6. The lowest BCUT2D eigenvalue weighted by Crippen LogP contribution is -2.37. The molecule has 9 heteroatoms. The Hall–Kier alpha value is -1.02. The van der Waals surface area contributed by atoms with Crippen molar-refractivity contribution in [3.8, 4) is 0 Å². The summed E-state index contributed by atoms with van der Waals surface area (Å²) in [5.41, 5.74) is 0. The normalized spacial score (nSPS) is 13.8. The van der Waals surface area contributed by atoms with Crippen LogP contribution in [0.25, 0.3) is 0 Å². The number of quaternary nitrogens is 1. The third-order valence-corrected chi connectivity index (χ3v) is 11.9. The molecule has 350 valence electrons. The summed E-state index contributed by atoms with van der Waals surface area (Å²) in [6.07, 6.45) is 50.6. The largest absolute Gasteiger partial charge is 0.756 e. The van der Waals surface area contributed by atoms with Crippen molar-refractivity contribution >= 4 is 13.8 Å². The topological polar surface area (TPSA) is 94.1 Å². The van der Waals surface area contributed by atoms with Gasteiger partial charge in [0.25, 0.3) is 7.82 Å². The third kappa shape index (κ3) is 47.9. The van der Waals surface area contributed by atoms with Crippen molar-refractivity contribution in [2.24, 2.45) is 0 Å². The van der Waals surface area contributed by atoms with Crippen LogP contribution in [0, 0.1) is 0 Å². The summed E-state index contributed by atoms with van der Waals surface area (Å²) >= 11 is 0. The summed E-state index contributed by atoms with van der Waals surface area (Å²) in [7, 11) is 1.36. The molecule has 0 saturated carbocycles. The number of carbonyl (C=O) groups excluding carboxylic acids is 1. The molecular weight excluding hydrogens is 758 g/mol. The zero-order chi connectivity index (χ0) is 43.4. The number of allylic oxidation sites excluding steroid dienone is 4. The van der Waals surface area contributed by atoms with E-state index >= 15 is 0 Å². The molecule has 8 nitrogen and oxygen atoms in total. The first-order chi connectivity index (χ1) is 28.6. The van der Waals surface area contributed by atoms with Crippen LogP contribution in [-0.2, 0) is 27.9 Å². The molecule has 0 aliphatic carbocycles. The minimum atomic E-state index is -4.53. The highest BCUT2D eigenvalue weighted by Crippen LogP contribution is 2.38. The SMILES string of the molecule is CCCCCC/C=C\CCCCCCCC(=O)OC(COCCCCCCCCCCCCCC/C=C\CCCCCCCCCC)COP(=O)([O-])OCC[N+](C)(C)C. The summed E-state index contributed by atoms with van der Waals surface area (Å²) in [5.74, 6) is -0.341. The lowest BCUT2D eigenvalue weighted by Gasteiger charge is -2.28. The van der Waals surface area contributed by atoms with E-state index < -0.39 is 13.9 Å². The molecule has 0 aliphatic heterocycles. The van der Waals surface area contributed by atoms with Crippen molar-refractivity contribution in [1.29, 1.82) is 0 Å². The number of hydrogen-bond acceptors (Lipinski definition) is 7. The van der Waals surface area contributed by atoms with E-state index in [4.69, 9.17) is 18.5 Å². The van der Waals surface area contributed by atoms with Crippen LogP contribution >= 0.6 is 7.82 Å². The van der Waals surface area contributed by atoms with E-state index in [1.165, 1.54) is 167 Å². The molecule has 0 saturated heterocycles. The number of likely N-dealkylation sites (N-methyl/N-ethyl adjacent to an activating group) is 1. The molecule has 0 bridgehead atoms. The Bertz CT molecular complexity index is 998. The fourth-order valence-corrected chi connectivity index (χ4v) is 7.79. The minimum absolute atomic E-state index is 0.0261. The van der Waals surface area contributed by atoms with Gasteiger partial charge in [0.15, 0.2) is 0 Å². The Kier molecular flexibility index (Phi) is 42.9. The van der Waals surface area contributed by atoms with Crippen LogP contribution in [0.1, 0.15) is 232 Å². The fourth-order valence-electron chi connectivity index (χ4n) is 7.07. The van der Waals surface area contributed by atoms with Crippen molar-refractivity contribution in [2.45, 2.75) is 238 Å². The molecule has 0 rings (SSSR count). The number of esters is 1. The molecular formula is C50H98NO7P. The van der Waals surface area contributed by atoms with Gasteiger partial charge in [0.1, 0.15) is 19.3 Å². The van der Waals surface area contributed by atoms with Crippen LogP contribution in [0.5, 0.6) is 0 Å². The van der Waals surface area contributed by atoms with Crippen molar-refractivity contribution in [1.82, 2.24) is 0 Å². The first-order valence-electron chi connectivity index (χ1n) is 25.1. The van der Waals surface area contributed by atoms with Gasteiger partial charge in [-0.2, -0.15) is 0 Å². The smallest absolute Gasteiger partial charge is 0.306 e. The van der Waals surface area contributed by atoms with Crippen LogP contribution in [0.2, 0.25) is 0 Å². The predicted octanol–water partition coefficient (Wildman–Crippen LogP) is 14.5. The number of phosphoric acid groups is 1. The maximum Gasteiger partial charge on any atom is 0.306 e. The van der Waals surface area contributed by atoms with E-state index in [1.807, 2.05) is 21.1 Å². The third-order valence-electron chi connectivity index (χ3n) is 11.0. The second-order valence-electron chi connectivity index (χ2n) is 18.2. The van der Waals surface area contributed by atoms with Crippen LogP contribution in [0.15, 0.2) is 24.3 Å². The molecule has 59 heavy (non-hydrogen) atoms. The molecule has 0 aromatic carbocycles. The van der Waals surface area contributed by atoms with E-state index in [0.29, 0.717) is 24.1 Å². The zero-order valence-corrected chi connectivity index (χ0v) is 40.6. The Morgan fingerprint density at radius 2 is 0.881 bits per heavy atom. The van der Waals surface area contributed by atoms with E-state index in [2.05, 4.69) is 38.2 Å². The number of nitrogens with zero attached hydrogens (tertiary/aromatic N) is 1. The molecule has 0 aromatic heterocycles. The number of hydrogen-bond donors (Lipinski definition) is 0. The van der Waals surface area contributed by atoms with Gasteiger partial charge in [-0.05, 0) is 64.2 Å². The summed E-state index contributed by atoms with van der Waals surface area (Å²) in [5, 5.41) is 0. The maximum atomic E-state index is 12.7. The quantitative estimate of drug-likeness (QED) is 0.0198. The summed E-state index contributed by atoms with van der Waals surface area (Å²) in [6, 6.07) is 0. The second-order valence-corrected chi connectivity index (χ2v) is 19.6. The van der Waals surface area contributed by atoms with Gasteiger partial charge in [-0.25, -0.2) is 0 Å². The molecule has 0 radical (unpaired) electrons. The fraction of sp³-hybridized carbons (Fsp3) is 0.900. The van der Waals surface area contributed by atoms with Gasteiger partial charge < -0.3 is 27.9 Å². The molecule has 2 atom stereocenters. The number of ether oxygens (including phenoxy) is 2. The summed E-state index contributed by atoms with van der Waals surface area (Å²) in [4.78, 5) is 25.1. The Morgan fingerprint density at radius 1 is 0.508 bits per heavy atom. The standard InChI is InChI=1S/C50H98NO7P/c1-6-8-10-12-14-16-18-20-21-22-23-24-25-26-27-28-29-30-32-34-36-38-40-42-45-55-47-49(48-57-59(53,54)56-46-44-51(3,4)5)58-50(52)43-41-39-37-35-33-31-19-17-15-13-11-9-7-2/h17,19,22-23,49H,6-16,18,20-21,24-48H2,1-5H3/b19-17-,23-22-. The Morgan fingerprint density at radius 3 is 1.31 bits per heavy atom. The van der Waals surface area contributed by atoms with Crippen molar-refractivity contribution < 1.29 is 37.3 Å². The average molecular weight is 856 g/mol. The number of carbonyl (C=O) groups is 1. The lowest BCUT2D eigenvalue weighted by atomic mass is 10.0. The Balaban J connectivity index is 4.06. The van der Waals surface area contributed by atoms with Gasteiger partial charge in [0.2, 0.25) is 0 Å². The van der Waals surface area contributed by atoms with Crippen molar-refractivity contribution in [2.75, 3.05) is 54.1 Å². The molecule has 0 aliphatic rings. The number of phosphoric ester groups is 1.